The fourth-order valence-corrected chi connectivity index (χ4v) is 1.37. The molecule has 116 valence electrons. The second kappa shape index (κ2) is 8.87. The van der Waals surface area contributed by atoms with Gasteiger partial charge in [0.15, 0.2) is 11.6 Å². The zero-order valence-corrected chi connectivity index (χ0v) is 13.2. The molecule has 1 saturated heterocycles. The smallest absolute Gasteiger partial charge is 0.162 e. The van der Waals surface area contributed by atoms with Gasteiger partial charge in [0.2, 0.25) is 0 Å². The van der Waals surface area contributed by atoms with Crippen LogP contribution < -0.4 is 0 Å². The number of hydrogen-bond donors (Lipinski definition) is 1. The molecule has 1 unspecified atom stereocenters. The van der Waals surface area contributed by atoms with Crippen molar-refractivity contribution in [3.63, 3.8) is 0 Å². The second-order valence-corrected chi connectivity index (χ2v) is 5.53. The Kier molecular flexibility index (Phi) is 8.78. The Hall–Kier alpha value is -0.200. The van der Waals surface area contributed by atoms with Gasteiger partial charge in [0, 0.05) is 20.8 Å². The van der Waals surface area contributed by atoms with Crippen molar-refractivity contribution in [2.45, 2.75) is 64.6 Å². The molecule has 0 aromatic heterocycles. The van der Waals surface area contributed by atoms with Crippen LogP contribution in [0.15, 0.2) is 0 Å². The van der Waals surface area contributed by atoms with Crippen LogP contribution in [0.2, 0.25) is 0 Å². The van der Waals surface area contributed by atoms with Gasteiger partial charge in [-0.05, 0) is 47.0 Å². The third-order valence-electron chi connectivity index (χ3n) is 2.90. The van der Waals surface area contributed by atoms with E-state index < -0.39 is 11.6 Å². The lowest BCUT2D eigenvalue weighted by Gasteiger charge is -2.24. The summed E-state index contributed by atoms with van der Waals surface area (Å²) in [7, 11) is 3.12. The van der Waals surface area contributed by atoms with Gasteiger partial charge < -0.3 is 24.1 Å². The summed E-state index contributed by atoms with van der Waals surface area (Å²) in [6.07, 6.45) is 3.76. The molecule has 1 heterocycles. The fraction of sp³-hybridized carbons (Fsp3) is 1.00. The van der Waals surface area contributed by atoms with Gasteiger partial charge in [0.1, 0.15) is 0 Å². The Morgan fingerprint density at radius 3 is 2.11 bits per heavy atom. The van der Waals surface area contributed by atoms with Gasteiger partial charge in [-0.3, -0.25) is 0 Å². The number of ether oxygens (including phenoxy) is 4. The fourth-order valence-electron chi connectivity index (χ4n) is 1.37. The summed E-state index contributed by atoms with van der Waals surface area (Å²) >= 11 is 0. The Bertz CT molecular complexity index is 216. The second-order valence-electron chi connectivity index (χ2n) is 5.53. The Morgan fingerprint density at radius 2 is 1.74 bits per heavy atom. The molecule has 0 aliphatic carbocycles. The molecule has 1 atom stereocenters. The van der Waals surface area contributed by atoms with Crippen molar-refractivity contribution >= 4 is 0 Å². The molecule has 0 radical (unpaired) electrons. The highest BCUT2D eigenvalue weighted by molar-refractivity contribution is 4.64. The molecule has 0 aromatic rings. The molecule has 0 saturated carbocycles. The van der Waals surface area contributed by atoms with Crippen LogP contribution in [0.5, 0.6) is 0 Å². The molecule has 19 heavy (non-hydrogen) atoms. The Labute approximate surface area is 117 Å². The predicted octanol–water partition coefficient (Wildman–Crippen LogP) is 2.32. The van der Waals surface area contributed by atoms with Crippen LogP contribution in [0, 0.1) is 0 Å². The number of methoxy groups -OCH3 is 2. The molecule has 0 amide bonds. The average molecular weight is 278 g/mol. The van der Waals surface area contributed by atoms with Gasteiger partial charge in [-0.15, -0.1) is 0 Å². The third kappa shape index (κ3) is 11.3. The van der Waals surface area contributed by atoms with Crippen molar-refractivity contribution in [3.05, 3.63) is 0 Å². The molecule has 5 nitrogen and oxygen atoms in total. The quantitative estimate of drug-likeness (QED) is 0.756. The van der Waals surface area contributed by atoms with Gasteiger partial charge >= 0.3 is 0 Å². The summed E-state index contributed by atoms with van der Waals surface area (Å²) in [5.74, 6) is -1.42. The highest BCUT2D eigenvalue weighted by Crippen LogP contribution is 2.17. The van der Waals surface area contributed by atoms with E-state index in [0.717, 1.165) is 13.0 Å². The van der Waals surface area contributed by atoms with Gasteiger partial charge in [-0.2, -0.15) is 0 Å². The van der Waals surface area contributed by atoms with Crippen molar-refractivity contribution in [2.75, 3.05) is 27.4 Å². The maximum atomic E-state index is 8.60. The van der Waals surface area contributed by atoms with Crippen LogP contribution in [0.25, 0.3) is 0 Å². The molecule has 1 aliphatic rings. The van der Waals surface area contributed by atoms with Gasteiger partial charge in [0.25, 0.3) is 0 Å². The first-order valence-corrected chi connectivity index (χ1v) is 6.78. The molecule has 1 fully saturated rings. The van der Waals surface area contributed by atoms with E-state index in [1.54, 1.807) is 21.0 Å². The molecule has 0 bridgehead atoms. The van der Waals surface area contributed by atoms with Gasteiger partial charge in [0.05, 0.1) is 12.7 Å². The van der Waals surface area contributed by atoms with Crippen molar-refractivity contribution < 1.29 is 24.1 Å². The summed E-state index contributed by atoms with van der Waals surface area (Å²) in [5.41, 5.74) is 0. The molecule has 0 spiro atoms. The maximum absolute atomic E-state index is 8.60. The van der Waals surface area contributed by atoms with E-state index in [9.17, 15) is 0 Å². The highest BCUT2D eigenvalue weighted by Gasteiger charge is 2.19. The number of aliphatic hydroxyl groups is 1. The third-order valence-corrected chi connectivity index (χ3v) is 2.90. The zero-order valence-electron chi connectivity index (χ0n) is 13.2. The van der Waals surface area contributed by atoms with Gasteiger partial charge in [-0.1, -0.05) is 0 Å². The van der Waals surface area contributed by atoms with E-state index in [4.69, 9.17) is 19.3 Å². The normalized spacial score (nSPS) is 20.1. The lowest BCUT2D eigenvalue weighted by Crippen LogP contribution is -2.28. The van der Waals surface area contributed by atoms with Crippen molar-refractivity contribution in [2.24, 2.45) is 0 Å². The minimum Gasteiger partial charge on any atom is -0.378 e. The molecular weight excluding hydrogens is 248 g/mol. The summed E-state index contributed by atoms with van der Waals surface area (Å²) in [6, 6.07) is 0. The Balaban J connectivity index is 0.000000459. The van der Waals surface area contributed by atoms with E-state index >= 15 is 0 Å². The predicted molar refractivity (Wildman–Crippen MR) is 73.9 cm³/mol. The maximum Gasteiger partial charge on any atom is 0.162 e. The van der Waals surface area contributed by atoms with Crippen LogP contribution in [0.3, 0.4) is 0 Å². The molecule has 1 N–H and O–H groups in total. The minimum atomic E-state index is -0.958. The van der Waals surface area contributed by atoms with E-state index in [-0.39, 0.29) is 0 Å². The lowest BCUT2D eigenvalue weighted by atomic mass is 10.2. The number of hydrogen-bond acceptors (Lipinski definition) is 5. The summed E-state index contributed by atoms with van der Waals surface area (Å²) in [6.45, 7) is 8.62. The van der Waals surface area contributed by atoms with Crippen LogP contribution >= 0.6 is 0 Å². The van der Waals surface area contributed by atoms with E-state index in [2.05, 4.69) is 4.74 Å². The SMILES string of the molecule is COC(C)(C)O.COC(C)(C)OCCC1CCCO1. The Morgan fingerprint density at radius 1 is 1.16 bits per heavy atom. The molecular formula is C14H30O5. The first kappa shape index (κ1) is 18.8. The zero-order chi connectivity index (χ0) is 14.9. The lowest BCUT2D eigenvalue weighted by molar-refractivity contribution is -0.199. The van der Waals surface area contributed by atoms with Gasteiger partial charge in [-0.25, -0.2) is 0 Å². The van der Waals surface area contributed by atoms with Crippen LogP contribution in [0.4, 0.5) is 0 Å². The first-order chi connectivity index (χ1) is 8.70. The minimum absolute atomic E-state index is 0.410. The summed E-state index contributed by atoms with van der Waals surface area (Å²) < 4.78 is 20.7. The van der Waals surface area contributed by atoms with Crippen molar-refractivity contribution in [1.82, 2.24) is 0 Å². The first-order valence-electron chi connectivity index (χ1n) is 6.78. The average Bonchev–Trinajstić information content (AvgIpc) is 2.82. The monoisotopic (exact) mass is 278 g/mol. The molecule has 5 heteroatoms. The van der Waals surface area contributed by atoms with Crippen molar-refractivity contribution in [1.29, 1.82) is 0 Å². The van der Waals surface area contributed by atoms with E-state index in [1.807, 2.05) is 13.8 Å². The molecule has 1 aliphatic heterocycles. The highest BCUT2D eigenvalue weighted by atomic mass is 16.7. The van der Waals surface area contributed by atoms with E-state index in [0.29, 0.717) is 12.7 Å². The topological polar surface area (TPSA) is 57.2 Å². The standard InChI is InChI=1S/C10H20O3.C4H10O2/c1-10(2,11-3)13-8-6-9-5-4-7-12-9;1-4(2,5)6-3/h9H,4-8H2,1-3H3;5H,1-3H3. The van der Waals surface area contributed by atoms with Crippen molar-refractivity contribution in [3.8, 4) is 0 Å². The van der Waals surface area contributed by atoms with E-state index in [1.165, 1.54) is 20.0 Å². The summed E-state index contributed by atoms with van der Waals surface area (Å²) in [4.78, 5) is 0. The van der Waals surface area contributed by atoms with Crippen LogP contribution in [-0.4, -0.2) is 50.2 Å². The summed E-state index contributed by atoms with van der Waals surface area (Å²) in [5, 5.41) is 8.60. The van der Waals surface area contributed by atoms with Crippen LogP contribution in [0.1, 0.15) is 47.0 Å². The molecule has 1 rings (SSSR count). The van der Waals surface area contributed by atoms with Crippen LogP contribution in [-0.2, 0) is 18.9 Å². The molecule has 0 aromatic carbocycles. The largest absolute Gasteiger partial charge is 0.378 e. The number of rotatable bonds is 6.